The standard InChI is InChI=1S/C13H19NO2S/c1-5-14(12(15)16)17-11-8-6-10(7-9-11)13(2,3)4/h6-9H,5H2,1-4H3,(H,15,16). The molecular weight excluding hydrogens is 234 g/mol. The number of carboxylic acid groups (broad SMARTS) is 1. The van der Waals surface area contributed by atoms with Crippen LogP contribution in [0.2, 0.25) is 0 Å². The van der Waals surface area contributed by atoms with E-state index >= 15 is 0 Å². The summed E-state index contributed by atoms with van der Waals surface area (Å²) in [7, 11) is 0. The van der Waals surface area contributed by atoms with Gasteiger partial charge < -0.3 is 5.11 Å². The second kappa shape index (κ2) is 5.45. The lowest BCUT2D eigenvalue weighted by Gasteiger charge is -2.20. The van der Waals surface area contributed by atoms with Crippen molar-refractivity contribution >= 4 is 18.0 Å². The van der Waals surface area contributed by atoms with E-state index in [9.17, 15) is 4.79 Å². The van der Waals surface area contributed by atoms with Crippen LogP contribution in [0.3, 0.4) is 0 Å². The normalized spacial score (nSPS) is 11.3. The first kappa shape index (κ1) is 13.9. The van der Waals surface area contributed by atoms with Crippen LogP contribution < -0.4 is 0 Å². The molecule has 0 aliphatic heterocycles. The fourth-order valence-electron chi connectivity index (χ4n) is 1.38. The molecule has 1 amide bonds. The molecule has 0 spiro atoms. The summed E-state index contributed by atoms with van der Waals surface area (Å²) in [5.74, 6) is 0. The summed E-state index contributed by atoms with van der Waals surface area (Å²) >= 11 is 1.25. The maximum atomic E-state index is 10.9. The van der Waals surface area contributed by atoms with Crippen LogP contribution in [0.1, 0.15) is 33.3 Å². The van der Waals surface area contributed by atoms with Crippen LogP contribution in [0.25, 0.3) is 0 Å². The second-order valence-corrected chi connectivity index (χ2v) is 5.94. The molecule has 0 unspecified atom stereocenters. The average molecular weight is 253 g/mol. The van der Waals surface area contributed by atoms with E-state index in [0.717, 1.165) is 4.90 Å². The molecule has 0 saturated heterocycles. The van der Waals surface area contributed by atoms with Gasteiger partial charge in [-0.1, -0.05) is 32.9 Å². The predicted molar refractivity (Wildman–Crippen MR) is 71.4 cm³/mol. The van der Waals surface area contributed by atoms with Gasteiger partial charge in [0.1, 0.15) is 0 Å². The maximum absolute atomic E-state index is 10.9. The van der Waals surface area contributed by atoms with Crippen LogP contribution in [-0.4, -0.2) is 22.0 Å². The minimum atomic E-state index is -0.905. The minimum absolute atomic E-state index is 0.125. The van der Waals surface area contributed by atoms with Crippen LogP contribution in [0.5, 0.6) is 0 Å². The van der Waals surface area contributed by atoms with Gasteiger partial charge in [-0.2, -0.15) is 0 Å². The van der Waals surface area contributed by atoms with E-state index in [0.29, 0.717) is 6.54 Å². The number of nitrogens with zero attached hydrogens (tertiary/aromatic N) is 1. The Bertz CT molecular complexity index is 381. The van der Waals surface area contributed by atoms with Crippen LogP contribution in [0.15, 0.2) is 29.2 Å². The van der Waals surface area contributed by atoms with E-state index in [1.807, 2.05) is 19.1 Å². The Kier molecular flexibility index (Phi) is 4.46. The molecule has 0 aliphatic rings. The van der Waals surface area contributed by atoms with E-state index in [2.05, 4.69) is 32.9 Å². The zero-order chi connectivity index (χ0) is 13.1. The molecule has 0 aliphatic carbocycles. The molecule has 1 N–H and O–H groups in total. The summed E-state index contributed by atoms with van der Waals surface area (Å²) in [6.45, 7) is 8.77. The Morgan fingerprint density at radius 1 is 1.29 bits per heavy atom. The van der Waals surface area contributed by atoms with Crippen molar-refractivity contribution in [3.05, 3.63) is 29.8 Å². The number of hydrogen-bond donors (Lipinski definition) is 1. The Morgan fingerprint density at radius 3 is 2.18 bits per heavy atom. The Morgan fingerprint density at radius 2 is 1.82 bits per heavy atom. The van der Waals surface area contributed by atoms with Gasteiger partial charge in [-0.05, 0) is 42.0 Å². The Labute approximate surface area is 107 Å². The van der Waals surface area contributed by atoms with Crippen LogP contribution in [-0.2, 0) is 5.41 Å². The van der Waals surface area contributed by atoms with Crippen molar-refractivity contribution in [2.24, 2.45) is 0 Å². The Balaban J connectivity index is 2.78. The molecule has 3 nitrogen and oxygen atoms in total. The van der Waals surface area contributed by atoms with Gasteiger partial charge in [-0.3, -0.25) is 0 Å². The van der Waals surface area contributed by atoms with E-state index < -0.39 is 6.09 Å². The first-order chi connectivity index (χ1) is 7.84. The van der Waals surface area contributed by atoms with Crippen molar-refractivity contribution in [3.8, 4) is 0 Å². The third kappa shape index (κ3) is 3.97. The lowest BCUT2D eigenvalue weighted by atomic mass is 9.87. The first-order valence-electron chi connectivity index (χ1n) is 5.63. The summed E-state index contributed by atoms with van der Waals surface area (Å²) in [6, 6.07) is 8.05. The summed E-state index contributed by atoms with van der Waals surface area (Å²) < 4.78 is 1.31. The first-order valence-corrected chi connectivity index (χ1v) is 6.41. The van der Waals surface area contributed by atoms with Gasteiger partial charge in [0.2, 0.25) is 0 Å². The Hall–Kier alpha value is -1.16. The van der Waals surface area contributed by atoms with Crippen molar-refractivity contribution in [1.29, 1.82) is 0 Å². The number of hydrogen-bond acceptors (Lipinski definition) is 2. The third-order valence-corrected chi connectivity index (χ3v) is 3.55. The molecule has 0 aromatic heterocycles. The predicted octanol–water partition coefficient (Wildman–Crippen LogP) is 3.99. The quantitative estimate of drug-likeness (QED) is 0.828. The highest BCUT2D eigenvalue weighted by Gasteiger charge is 2.14. The summed E-state index contributed by atoms with van der Waals surface area (Å²) in [5.41, 5.74) is 1.38. The summed E-state index contributed by atoms with van der Waals surface area (Å²) in [4.78, 5) is 11.8. The van der Waals surface area contributed by atoms with Gasteiger partial charge in [0, 0.05) is 11.4 Å². The van der Waals surface area contributed by atoms with Gasteiger partial charge >= 0.3 is 6.09 Å². The van der Waals surface area contributed by atoms with Crippen molar-refractivity contribution in [1.82, 2.24) is 4.31 Å². The van der Waals surface area contributed by atoms with E-state index in [4.69, 9.17) is 5.11 Å². The summed E-state index contributed by atoms with van der Waals surface area (Å²) in [6.07, 6.45) is -0.905. The smallest absolute Gasteiger partial charge is 0.417 e. The molecule has 0 fully saturated rings. The molecule has 0 bridgehead atoms. The van der Waals surface area contributed by atoms with Gasteiger partial charge in [-0.25, -0.2) is 9.10 Å². The molecule has 94 valence electrons. The van der Waals surface area contributed by atoms with Crippen LogP contribution in [0, 0.1) is 0 Å². The number of benzene rings is 1. The molecule has 0 saturated carbocycles. The van der Waals surface area contributed by atoms with Crippen molar-refractivity contribution in [2.45, 2.75) is 38.0 Å². The highest BCUT2D eigenvalue weighted by Crippen LogP contribution is 2.27. The van der Waals surface area contributed by atoms with Gasteiger partial charge in [0.15, 0.2) is 0 Å². The summed E-state index contributed by atoms with van der Waals surface area (Å²) in [5, 5.41) is 8.92. The van der Waals surface area contributed by atoms with Crippen molar-refractivity contribution < 1.29 is 9.90 Å². The van der Waals surface area contributed by atoms with Crippen molar-refractivity contribution in [2.75, 3.05) is 6.54 Å². The molecule has 0 atom stereocenters. The highest BCUT2D eigenvalue weighted by molar-refractivity contribution is 7.97. The number of amides is 1. The lowest BCUT2D eigenvalue weighted by Crippen LogP contribution is -2.21. The minimum Gasteiger partial charge on any atom is -0.464 e. The zero-order valence-corrected chi connectivity index (χ0v) is 11.5. The highest BCUT2D eigenvalue weighted by atomic mass is 32.2. The fourth-order valence-corrected chi connectivity index (χ4v) is 2.10. The molecule has 0 heterocycles. The van der Waals surface area contributed by atoms with Crippen molar-refractivity contribution in [3.63, 3.8) is 0 Å². The van der Waals surface area contributed by atoms with E-state index in [1.54, 1.807) is 0 Å². The van der Waals surface area contributed by atoms with E-state index in [1.165, 1.54) is 21.8 Å². The largest absolute Gasteiger partial charge is 0.464 e. The fraction of sp³-hybridized carbons (Fsp3) is 0.462. The van der Waals surface area contributed by atoms with Gasteiger partial charge in [0.05, 0.1) is 0 Å². The molecule has 4 heteroatoms. The number of carbonyl (C=O) groups is 1. The molecule has 1 aromatic rings. The van der Waals surface area contributed by atoms with Gasteiger partial charge in [0.25, 0.3) is 0 Å². The number of rotatable bonds is 3. The zero-order valence-electron chi connectivity index (χ0n) is 10.7. The monoisotopic (exact) mass is 253 g/mol. The van der Waals surface area contributed by atoms with E-state index in [-0.39, 0.29) is 5.41 Å². The molecule has 0 radical (unpaired) electrons. The third-order valence-electron chi connectivity index (χ3n) is 2.44. The molecule has 1 rings (SSSR count). The SMILES string of the molecule is CCN(Sc1ccc(C(C)(C)C)cc1)C(=O)O. The molecule has 1 aromatic carbocycles. The van der Waals surface area contributed by atoms with Crippen LogP contribution >= 0.6 is 11.9 Å². The second-order valence-electron chi connectivity index (χ2n) is 4.84. The lowest BCUT2D eigenvalue weighted by molar-refractivity contribution is 0.176. The van der Waals surface area contributed by atoms with Gasteiger partial charge in [-0.15, -0.1) is 0 Å². The molecular formula is C13H19NO2S. The molecule has 17 heavy (non-hydrogen) atoms. The van der Waals surface area contributed by atoms with Crippen LogP contribution in [0.4, 0.5) is 4.79 Å². The maximum Gasteiger partial charge on any atom is 0.417 e. The average Bonchev–Trinajstić information content (AvgIpc) is 2.25. The topological polar surface area (TPSA) is 40.5 Å².